The van der Waals surface area contributed by atoms with Crippen LogP contribution in [0.15, 0.2) is 48.5 Å². The van der Waals surface area contributed by atoms with Gasteiger partial charge in [0.15, 0.2) is 6.10 Å². The molecule has 1 atom stereocenters. The SMILES string of the molecule is CC[C@H](Oc1ccc(C(C)(C)C)cc1)C(=O)NCc1cccc(CN2CCOCC2)c1. The normalized spacial score (nSPS) is 16.0. The number of morpholine rings is 1. The minimum absolute atomic E-state index is 0.0824. The van der Waals surface area contributed by atoms with Crippen molar-refractivity contribution in [3.8, 4) is 5.75 Å². The van der Waals surface area contributed by atoms with E-state index in [2.05, 4.69) is 67.4 Å². The molecule has 0 radical (unpaired) electrons. The van der Waals surface area contributed by atoms with Crippen molar-refractivity contribution in [2.75, 3.05) is 26.3 Å². The van der Waals surface area contributed by atoms with Gasteiger partial charge >= 0.3 is 0 Å². The van der Waals surface area contributed by atoms with Crippen molar-refractivity contribution < 1.29 is 14.3 Å². The zero-order chi connectivity index (χ0) is 22.3. The topological polar surface area (TPSA) is 50.8 Å². The summed E-state index contributed by atoms with van der Waals surface area (Å²) in [6.45, 7) is 13.5. The van der Waals surface area contributed by atoms with E-state index in [1.165, 1.54) is 11.1 Å². The van der Waals surface area contributed by atoms with Crippen molar-refractivity contribution in [1.82, 2.24) is 10.2 Å². The first-order chi connectivity index (χ1) is 14.8. The van der Waals surface area contributed by atoms with Gasteiger partial charge in [-0.1, -0.05) is 64.1 Å². The first-order valence-corrected chi connectivity index (χ1v) is 11.3. The summed E-state index contributed by atoms with van der Waals surface area (Å²) in [7, 11) is 0. The van der Waals surface area contributed by atoms with E-state index in [1.54, 1.807) is 0 Å². The summed E-state index contributed by atoms with van der Waals surface area (Å²) in [5.74, 6) is 0.642. The Hall–Kier alpha value is -2.37. The number of hydrogen-bond acceptors (Lipinski definition) is 4. The summed E-state index contributed by atoms with van der Waals surface area (Å²) < 4.78 is 11.4. The molecule has 1 amide bonds. The maximum Gasteiger partial charge on any atom is 0.261 e. The number of nitrogens with zero attached hydrogens (tertiary/aromatic N) is 1. The van der Waals surface area contributed by atoms with Crippen molar-refractivity contribution in [2.24, 2.45) is 0 Å². The maximum atomic E-state index is 12.7. The lowest BCUT2D eigenvalue weighted by Crippen LogP contribution is -2.37. The molecule has 0 aliphatic carbocycles. The number of carbonyl (C=O) groups excluding carboxylic acids is 1. The van der Waals surface area contributed by atoms with Crippen molar-refractivity contribution in [3.05, 3.63) is 65.2 Å². The second-order valence-corrected chi connectivity index (χ2v) is 9.22. The summed E-state index contributed by atoms with van der Waals surface area (Å²) >= 11 is 0. The van der Waals surface area contributed by atoms with Gasteiger partial charge in [-0.15, -0.1) is 0 Å². The molecular weight excluding hydrogens is 388 g/mol. The van der Waals surface area contributed by atoms with Gasteiger partial charge in [0.05, 0.1) is 13.2 Å². The molecule has 0 aromatic heterocycles. The van der Waals surface area contributed by atoms with Gasteiger partial charge in [0.2, 0.25) is 0 Å². The van der Waals surface area contributed by atoms with Crippen LogP contribution < -0.4 is 10.1 Å². The van der Waals surface area contributed by atoms with Gasteiger partial charge in [-0.2, -0.15) is 0 Å². The molecule has 0 saturated carbocycles. The lowest BCUT2D eigenvalue weighted by atomic mass is 9.87. The number of rotatable bonds is 8. The Morgan fingerprint density at radius 3 is 2.42 bits per heavy atom. The van der Waals surface area contributed by atoms with Crippen LogP contribution in [0.1, 0.15) is 50.8 Å². The first-order valence-electron chi connectivity index (χ1n) is 11.3. The Morgan fingerprint density at radius 2 is 1.77 bits per heavy atom. The molecule has 1 fully saturated rings. The van der Waals surface area contributed by atoms with Crippen LogP contribution in [-0.4, -0.2) is 43.2 Å². The van der Waals surface area contributed by atoms with E-state index in [-0.39, 0.29) is 11.3 Å². The van der Waals surface area contributed by atoms with Gasteiger partial charge < -0.3 is 14.8 Å². The highest BCUT2D eigenvalue weighted by molar-refractivity contribution is 5.81. The molecule has 0 bridgehead atoms. The fourth-order valence-electron chi connectivity index (χ4n) is 3.68. The summed E-state index contributed by atoms with van der Waals surface area (Å²) in [5, 5.41) is 3.04. The van der Waals surface area contributed by atoms with Gasteiger partial charge in [0.1, 0.15) is 5.75 Å². The standard InChI is InChI=1S/C26H36N2O3/c1-5-24(31-23-11-9-22(10-12-23)26(2,3)4)25(29)27-18-20-7-6-8-21(17-20)19-28-13-15-30-16-14-28/h6-12,17,24H,5,13-16,18-19H2,1-4H3,(H,27,29)/t24-/m0/s1. The number of amides is 1. The monoisotopic (exact) mass is 424 g/mol. The van der Waals surface area contributed by atoms with Crippen LogP contribution in [0.4, 0.5) is 0 Å². The Labute approximate surface area is 186 Å². The molecular formula is C26H36N2O3. The second-order valence-electron chi connectivity index (χ2n) is 9.22. The number of hydrogen-bond donors (Lipinski definition) is 1. The lowest BCUT2D eigenvalue weighted by molar-refractivity contribution is -0.128. The Balaban J connectivity index is 1.53. The fraction of sp³-hybridized carbons (Fsp3) is 0.500. The van der Waals surface area contributed by atoms with E-state index in [1.807, 2.05) is 19.1 Å². The zero-order valence-corrected chi connectivity index (χ0v) is 19.3. The third kappa shape index (κ3) is 7.08. The molecule has 2 aromatic carbocycles. The number of nitrogens with one attached hydrogen (secondary N) is 1. The van der Waals surface area contributed by atoms with Crippen molar-refractivity contribution >= 4 is 5.91 Å². The van der Waals surface area contributed by atoms with Crippen molar-refractivity contribution in [2.45, 2.75) is 58.7 Å². The molecule has 1 aliphatic heterocycles. The van der Waals surface area contributed by atoms with Crippen molar-refractivity contribution in [3.63, 3.8) is 0 Å². The lowest BCUT2D eigenvalue weighted by Gasteiger charge is -2.26. The molecule has 2 aromatic rings. The third-order valence-electron chi connectivity index (χ3n) is 5.63. The molecule has 168 valence electrons. The number of benzene rings is 2. The van der Waals surface area contributed by atoms with Gasteiger partial charge in [-0.3, -0.25) is 9.69 Å². The number of carbonyl (C=O) groups is 1. The summed E-state index contributed by atoms with van der Waals surface area (Å²) in [5.41, 5.74) is 3.70. The van der Waals surface area contributed by atoms with E-state index >= 15 is 0 Å². The van der Waals surface area contributed by atoms with E-state index in [0.717, 1.165) is 44.2 Å². The summed E-state index contributed by atoms with van der Waals surface area (Å²) in [6, 6.07) is 16.5. The third-order valence-corrected chi connectivity index (χ3v) is 5.63. The first kappa shape index (κ1) is 23.3. The van der Waals surface area contributed by atoms with Crippen LogP contribution in [0.25, 0.3) is 0 Å². The maximum absolute atomic E-state index is 12.7. The molecule has 5 nitrogen and oxygen atoms in total. The highest BCUT2D eigenvalue weighted by Crippen LogP contribution is 2.25. The average molecular weight is 425 g/mol. The van der Waals surface area contributed by atoms with Crippen LogP contribution in [0.2, 0.25) is 0 Å². The Kier molecular flexibility index (Phi) is 8.10. The van der Waals surface area contributed by atoms with Crippen LogP contribution in [0.3, 0.4) is 0 Å². The fourth-order valence-corrected chi connectivity index (χ4v) is 3.68. The average Bonchev–Trinajstić information content (AvgIpc) is 2.76. The van der Waals surface area contributed by atoms with Gasteiger partial charge in [-0.25, -0.2) is 0 Å². The molecule has 1 N–H and O–H groups in total. The summed E-state index contributed by atoms with van der Waals surface area (Å²) in [6.07, 6.45) is 0.112. The second kappa shape index (κ2) is 10.8. The Morgan fingerprint density at radius 1 is 1.10 bits per heavy atom. The molecule has 1 aliphatic rings. The van der Waals surface area contributed by atoms with Crippen LogP contribution >= 0.6 is 0 Å². The molecule has 1 saturated heterocycles. The zero-order valence-electron chi connectivity index (χ0n) is 19.3. The van der Waals surface area contributed by atoms with E-state index < -0.39 is 6.10 Å². The number of ether oxygens (including phenoxy) is 2. The highest BCUT2D eigenvalue weighted by Gasteiger charge is 2.19. The van der Waals surface area contributed by atoms with Crippen LogP contribution in [0.5, 0.6) is 5.75 Å². The van der Waals surface area contributed by atoms with E-state index in [9.17, 15) is 4.79 Å². The smallest absolute Gasteiger partial charge is 0.261 e. The quantitative estimate of drug-likeness (QED) is 0.687. The summed E-state index contributed by atoms with van der Waals surface area (Å²) in [4.78, 5) is 15.1. The van der Waals surface area contributed by atoms with Crippen molar-refractivity contribution in [1.29, 1.82) is 0 Å². The highest BCUT2D eigenvalue weighted by atomic mass is 16.5. The minimum Gasteiger partial charge on any atom is -0.481 e. The largest absolute Gasteiger partial charge is 0.481 e. The molecule has 31 heavy (non-hydrogen) atoms. The van der Waals surface area contributed by atoms with E-state index in [0.29, 0.717) is 13.0 Å². The van der Waals surface area contributed by atoms with Gasteiger partial charge in [0.25, 0.3) is 5.91 Å². The van der Waals surface area contributed by atoms with E-state index in [4.69, 9.17) is 9.47 Å². The molecule has 5 heteroatoms. The minimum atomic E-state index is -0.503. The Bertz CT molecular complexity index is 836. The predicted molar refractivity (Wildman–Crippen MR) is 124 cm³/mol. The molecule has 3 rings (SSSR count). The van der Waals surface area contributed by atoms with Crippen LogP contribution in [0, 0.1) is 0 Å². The van der Waals surface area contributed by atoms with Gasteiger partial charge in [-0.05, 0) is 40.7 Å². The predicted octanol–water partition coefficient (Wildman–Crippen LogP) is 4.29. The molecule has 0 spiro atoms. The molecule has 1 heterocycles. The van der Waals surface area contributed by atoms with Crippen LogP contribution in [-0.2, 0) is 28.0 Å². The van der Waals surface area contributed by atoms with Gasteiger partial charge in [0, 0.05) is 26.2 Å². The molecule has 0 unspecified atom stereocenters.